The van der Waals surface area contributed by atoms with Crippen molar-refractivity contribution >= 4 is 11.6 Å². The molecule has 1 N–H and O–H groups in total. The number of aliphatic hydroxyl groups is 1. The number of amides is 1. The summed E-state index contributed by atoms with van der Waals surface area (Å²) >= 11 is 0. The van der Waals surface area contributed by atoms with E-state index in [-0.39, 0.29) is 17.1 Å². The Kier molecular flexibility index (Phi) is 4.72. The average Bonchev–Trinajstić information content (AvgIpc) is 2.90. The van der Waals surface area contributed by atoms with Crippen molar-refractivity contribution in [2.45, 2.75) is 51.4 Å². The molecular formula is C18H21F3N2O3. The Morgan fingerprint density at radius 3 is 2.73 bits per heavy atom. The van der Waals surface area contributed by atoms with Crippen LogP contribution in [0.25, 0.3) is 0 Å². The van der Waals surface area contributed by atoms with Crippen LogP contribution in [0.4, 0.5) is 13.2 Å². The van der Waals surface area contributed by atoms with Gasteiger partial charge < -0.3 is 9.84 Å². The minimum absolute atomic E-state index is 0.149. The number of benzene rings is 1. The zero-order chi connectivity index (χ0) is 19.1. The number of ether oxygens (including phenoxy) is 1. The Bertz CT molecular complexity index is 748. The van der Waals surface area contributed by atoms with Crippen molar-refractivity contribution in [1.82, 2.24) is 5.01 Å². The first-order valence-corrected chi connectivity index (χ1v) is 8.54. The van der Waals surface area contributed by atoms with E-state index in [1.807, 2.05) is 13.8 Å². The molecule has 5 nitrogen and oxygen atoms in total. The lowest BCUT2D eigenvalue weighted by atomic mass is 9.80. The summed E-state index contributed by atoms with van der Waals surface area (Å²) in [5.41, 5.74) is -1.10. The highest BCUT2D eigenvalue weighted by Gasteiger charge is 2.68. The highest BCUT2D eigenvalue weighted by atomic mass is 19.4. The highest BCUT2D eigenvalue weighted by molar-refractivity contribution is 5.93. The maximum atomic E-state index is 13.6. The normalized spacial score (nSPS) is 25.7. The summed E-state index contributed by atoms with van der Waals surface area (Å²) in [4.78, 5) is 12.4. The van der Waals surface area contributed by atoms with Gasteiger partial charge in [0.25, 0.3) is 11.6 Å². The minimum atomic E-state index is -5.00. The number of carbonyl (C=O) groups excluding carboxylic acids is 1. The van der Waals surface area contributed by atoms with E-state index in [9.17, 15) is 23.1 Å². The van der Waals surface area contributed by atoms with E-state index < -0.39 is 30.3 Å². The largest absolute Gasteiger partial charge is 0.484 e. The number of alkyl halides is 3. The molecule has 142 valence electrons. The number of halogens is 3. The smallest absolute Gasteiger partial charge is 0.439 e. The molecule has 0 spiro atoms. The van der Waals surface area contributed by atoms with Crippen LogP contribution in [-0.4, -0.2) is 40.2 Å². The van der Waals surface area contributed by atoms with Crippen LogP contribution in [0.2, 0.25) is 0 Å². The summed E-state index contributed by atoms with van der Waals surface area (Å²) in [6.45, 7) is 3.14. The van der Waals surface area contributed by atoms with Crippen LogP contribution < -0.4 is 4.74 Å². The maximum Gasteiger partial charge on any atom is 0.439 e. The molecular weight excluding hydrogens is 349 g/mol. The summed E-state index contributed by atoms with van der Waals surface area (Å²) in [6.07, 6.45) is -3.24. The van der Waals surface area contributed by atoms with Crippen molar-refractivity contribution in [2.75, 3.05) is 6.61 Å². The van der Waals surface area contributed by atoms with Gasteiger partial charge in [-0.3, -0.25) is 4.79 Å². The second-order valence-corrected chi connectivity index (χ2v) is 6.85. The number of hydrogen-bond acceptors (Lipinski definition) is 4. The molecule has 0 radical (unpaired) electrons. The van der Waals surface area contributed by atoms with Gasteiger partial charge in [0.05, 0.1) is 5.92 Å². The third-order valence-electron chi connectivity index (χ3n) is 5.11. The van der Waals surface area contributed by atoms with E-state index in [1.165, 1.54) is 0 Å². The first kappa shape index (κ1) is 18.7. The number of nitrogens with zero attached hydrogens (tertiary/aromatic N) is 2. The lowest BCUT2D eigenvalue weighted by molar-refractivity contribution is -0.317. The Morgan fingerprint density at radius 1 is 1.35 bits per heavy atom. The van der Waals surface area contributed by atoms with Crippen molar-refractivity contribution in [3.8, 4) is 5.75 Å². The SMILES string of the molecule is Cc1ccc(OCC(=O)N2N=C3CCCC[C@@H]3[C@]2(O)C(F)(F)F)cc1C. The predicted molar refractivity (Wildman–Crippen MR) is 88.7 cm³/mol. The van der Waals surface area contributed by atoms with Crippen LogP contribution in [0.3, 0.4) is 0 Å². The van der Waals surface area contributed by atoms with Gasteiger partial charge in [0.15, 0.2) is 6.61 Å². The van der Waals surface area contributed by atoms with Crippen LogP contribution in [-0.2, 0) is 4.79 Å². The molecule has 8 heteroatoms. The summed E-state index contributed by atoms with van der Waals surface area (Å²) in [5.74, 6) is -1.85. The van der Waals surface area contributed by atoms with E-state index in [0.717, 1.165) is 11.1 Å². The first-order valence-electron chi connectivity index (χ1n) is 8.54. The Hall–Kier alpha value is -2.09. The third-order valence-corrected chi connectivity index (χ3v) is 5.11. The van der Waals surface area contributed by atoms with Gasteiger partial charge in [0, 0.05) is 5.71 Å². The number of carbonyl (C=O) groups is 1. The van der Waals surface area contributed by atoms with Gasteiger partial charge >= 0.3 is 6.18 Å². The van der Waals surface area contributed by atoms with Crippen molar-refractivity contribution in [3.63, 3.8) is 0 Å². The van der Waals surface area contributed by atoms with Crippen LogP contribution >= 0.6 is 0 Å². The molecule has 0 unspecified atom stereocenters. The van der Waals surface area contributed by atoms with Crippen LogP contribution in [0.1, 0.15) is 36.8 Å². The molecule has 1 saturated carbocycles. The molecule has 0 bridgehead atoms. The summed E-state index contributed by atoms with van der Waals surface area (Å²) in [7, 11) is 0. The molecule has 2 aliphatic rings. The quantitative estimate of drug-likeness (QED) is 0.888. The summed E-state index contributed by atoms with van der Waals surface area (Å²) in [5, 5.41) is 14.4. The topological polar surface area (TPSA) is 62.1 Å². The van der Waals surface area contributed by atoms with Crippen LogP contribution in [0.5, 0.6) is 5.75 Å². The third kappa shape index (κ3) is 3.06. The Labute approximate surface area is 149 Å². The van der Waals surface area contributed by atoms with Gasteiger partial charge in [-0.1, -0.05) is 12.5 Å². The first-order chi connectivity index (χ1) is 12.1. The van der Waals surface area contributed by atoms with Crippen LogP contribution in [0.15, 0.2) is 23.3 Å². The monoisotopic (exact) mass is 370 g/mol. The van der Waals surface area contributed by atoms with Gasteiger partial charge in [0.2, 0.25) is 0 Å². The second-order valence-electron chi connectivity index (χ2n) is 6.85. The minimum Gasteiger partial charge on any atom is -0.484 e. The van der Waals surface area contributed by atoms with Crippen molar-refractivity contribution < 1.29 is 27.8 Å². The fourth-order valence-corrected chi connectivity index (χ4v) is 3.47. The van der Waals surface area contributed by atoms with Gasteiger partial charge in [0.1, 0.15) is 5.75 Å². The Morgan fingerprint density at radius 2 is 2.08 bits per heavy atom. The summed E-state index contributed by atoms with van der Waals surface area (Å²) in [6, 6.07) is 5.14. The molecule has 2 atom stereocenters. The molecule has 0 saturated heterocycles. The number of hydrazone groups is 1. The predicted octanol–water partition coefficient (Wildman–Crippen LogP) is 3.32. The Balaban J connectivity index is 1.80. The number of rotatable bonds is 3. The number of hydrogen-bond donors (Lipinski definition) is 1. The van der Waals surface area contributed by atoms with Gasteiger partial charge in [-0.25, -0.2) is 0 Å². The van der Waals surface area contributed by atoms with Gasteiger partial charge in [-0.05, 0) is 56.4 Å². The maximum absolute atomic E-state index is 13.6. The molecule has 3 rings (SSSR count). The molecule has 1 heterocycles. The number of fused-ring (bicyclic) bond motifs is 1. The average molecular weight is 370 g/mol. The van der Waals surface area contributed by atoms with E-state index in [0.29, 0.717) is 25.0 Å². The molecule has 1 fully saturated rings. The molecule has 1 aliphatic heterocycles. The fraction of sp³-hybridized carbons (Fsp3) is 0.556. The molecule has 1 aromatic carbocycles. The highest BCUT2D eigenvalue weighted by Crippen LogP contribution is 2.48. The molecule has 0 aromatic heterocycles. The molecule has 1 amide bonds. The van der Waals surface area contributed by atoms with E-state index in [4.69, 9.17) is 4.74 Å². The molecule has 1 aromatic rings. The summed E-state index contributed by atoms with van der Waals surface area (Å²) < 4.78 is 46.2. The molecule has 1 aliphatic carbocycles. The number of aryl methyl sites for hydroxylation is 2. The van der Waals surface area contributed by atoms with E-state index >= 15 is 0 Å². The lowest BCUT2D eigenvalue weighted by Gasteiger charge is -2.38. The van der Waals surface area contributed by atoms with E-state index in [1.54, 1.807) is 18.2 Å². The van der Waals surface area contributed by atoms with Crippen LogP contribution in [0, 0.1) is 19.8 Å². The van der Waals surface area contributed by atoms with Gasteiger partial charge in [-0.15, -0.1) is 0 Å². The zero-order valence-corrected chi connectivity index (χ0v) is 14.6. The zero-order valence-electron chi connectivity index (χ0n) is 14.6. The van der Waals surface area contributed by atoms with Gasteiger partial charge in [-0.2, -0.15) is 23.3 Å². The fourth-order valence-electron chi connectivity index (χ4n) is 3.47. The van der Waals surface area contributed by atoms with E-state index in [2.05, 4.69) is 5.10 Å². The van der Waals surface area contributed by atoms with Crippen molar-refractivity contribution in [2.24, 2.45) is 11.0 Å². The van der Waals surface area contributed by atoms with Crippen molar-refractivity contribution in [3.05, 3.63) is 29.3 Å². The van der Waals surface area contributed by atoms with Crippen molar-refractivity contribution in [1.29, 1.82) is 0 Å². The second kappa shape index (κ2) is 6.57. The lowest BCUT2D eigenvalue weighted by Crippen LogP contribution is -2.62. The standard InChI is InChI=1S/C18H21F3N2O3/c1-11-7-8-13(9-12(11)2)26-10-16(24)23-17(25,18(19,20)21)14-5-3-4-6-15(14)22-23/h7-9,14,25H,3-6,10H2,1-2H3/t14-,17-/m0/s1. The molecule has 26 heavy (non-hydrogen) atoms.